The van der Waals surface area contributed by atoms with Crippen LogP contribution in [0.3, 0.4) is 0 Å². The van der Waals surface area contributed by atoms with Gasteiger partial charge in [-0.2, -0.15) is 0 Å². The number of nitrogens with zero attached hydrogens (tertiary/aromatic N) is 1. The highest BCUT2D eigenvalue weighted by Crippen LogP contribution is 2.43. The number of hydrogen-bond donors (Lipinski definition) is 0. The summed E-state index contributed by atoms with van der Waals surface area (Å²) < 4.78 is 13.9. The van der Waals surface area contributed by atoms with Crippen LogP contribution in [-0.2, 0) is 8.85 Å². The Labute approximate surface area is 142 Å². The summed E-state index contributed by atoms with van der Waals surface area (Å²) in [4.78, 5) is 0. The van der Waals surface area contributed by atoms with Gasteiger partial charge in [-0.05, 0) is 49.2 Å². The third-order valence-corrected chi connectivity index (χ3v) is 15.8. The molecule has 0 aromatic carbocycles. The summed E-state index contributed by atoms with van der Waals surface area (Å²) in [6.45, 7) is 18.0. The van der Waals surface area contributed by atoms with E-state index in [-0.39, 0.29) is 0 Å². The van der Waals surface area contributed by atoms with Crippen LogP contribution in [0.5, 0.6) is 0 Å². The van der Waals surface area contributed by atoms with E-state index in [2.05, 4.69) is 59.7 Å². The summed E-state index contributed by atoms with van der Waals surface area (Å²) in [5.41, 5.74) is 2.36. The van der Waals surface area contributed by atoms with E-state index in [4.69, 9.17) is 8.85 Å². The highest BCUT2D eigenvalue weighted by atomic mass is 28.4. The number of rotatable bonds is 11. The van der Waals surface area contributed by atoms with Gasteiger partial charge in [0.25, 0.3) is 0 Å². The minimum atomic E-state index is -1.89. The van der Waals surface area contributed by atoms with Gasteiger partial charge in [0.05, 0.1) is 0 Å². The van der Waals surface area contributed by atoms with Crippen molar-refractivity contribution >= 4 is 16.8 Å². The molecule has 0 aliphatic rings. The normalized spacial score (nSPS) is 13.9. The van der Waals surface area contributed by atoms with Crippen LogP contribution in [0.2, 0.25) is 29.2 Å². The molecule has 0 heterocycles. The van der Waals surface area contributed by atoms with Crippen molar-refractivity contribution in [2.75, 3.05) is 27.8 Å². The van der Waals surface area contributed by atoms with E-state index in [9.17, 15) is 0 Å². The van der Waals surface area contributed by atoms with Crippen LogP contribution >= 0.6 is 0 Å². The Kier molecular flexibility index (Phi) is 9.71. The zero-order valence-electron chi connectivity index (χ0n) is 16.8. The van der Waals surface area contributed by atoms with Crippen molar-refractivity contribution in [3.63, 3.8) is 0 Å². The van der Waals surface area contributed by atoms with Crippen molar-refractivity contribution in [1.29, 1.82) is 0 Å². The maximum Gasteiger partial charge on any atom is 0.334 e. The molecule has 0 aromatic heterocycles. The summed E-state index contributed by atoms with van der Waals surface area (Å²) in [5.74, 6) is 0. The van der Waals surface area contributed by atoms with E-state index in [0.29, 0.717) is 0 Å². The highest BCUT2D eigenvalue weighted by molar-refractivity contribution is 6.80. The predicted molar refractivity (Wildman–Crippen MR) is 103 cm³/mol. The van der Waals surface area contributed by atoms with Gasteiger partial charge in [0.2, 0.25) is 0 Å². The zero-order chi connectivity index (χ0) is 17.6. The molecule has 134 valence electrons. The van der Waals surface area contributed by atoms with Crippen LogP contribution in [0.1, 0.15) is 54.4 Å². The van der Waals surface area contributed by atoms with Gasteiger partial charge in [-0.15, -0.1) is 0 Å². The summed E-state index contributed by atoms with van der Waals surface area (Å²) in [5, 5.41) is 0. The molecule has 0 unspecified atom stereocenters. The quantitative estimate of drug-likeness (QED) is 0.377. The molecule has 0 amide bonds. The molecule has 0 fully saturated rings. The first kappa shape index (κ1) is 22.3. The lowest BCUT2D eigenvalue weighted by Gasteiger charge is -2.49. The largest absolute Gasteiger partial charge is 0.398 e. The molecule has 0 N–H and O–H groups in total. The number of hydrogen-bond acceptors (Lipinski definition) is 3. The summed E-state index contributed by atoms with van der Waals surface area (Å²) in [7, 11) is 2.60. The Hall–Kier alpha value is 0.314. The second-order valence-electron chi connectivity index (χ2n) is 7.77. The van der Waals surface area contributed by atoms with Crippen LogP contribution in [0, 0.1) is 0 Å². The van der Waals surface area contributed by atoms with Gasteiger partial charge in [-0.3, -0.25) is 0 Å². The molecule has 0 aliphatic carbocycles. The molecule has 22 heavy (non-hydrogen) atoms. The summed E-state index contributed by atoms with van der Waals surface area (Å²) in [6, 6.07) is 1.09. The van der Waals surface area contributed by atoms with Gasteiger partial charge >= 0.3 is 8.56 Å². The first-order valence-electron chi connectivity index (χ1n) is 8.90. The fourth-order valence-corrected chi connectivity index (χ4v) is 13.3. The second-order valence-corrected chi connectivity index (χ2v) is 17.4. The van der Waals surface area contributed by atoms with Crippen molar-refractivity contribution in [3.05, 3.63) is 0 Å². The molecule has 5 heteroatoms. The van der Waals surface area contributed by atoms with Gasteiger partial charge in [0.1, 0.15) is 8.24 Å². The number of unbranched alkanes of at least 4 members (excludes halogenated alkanes) is 1. The Balaban J connectivity index is 4.70. The van der Waals surface area contributed by atoms with E-state index in [1.54, 1.807) is 14.2 Å². The van der Waals surface area contributed by atoms with Gasteiger partial charge in [-0.1, -0.05) is 48.0 Å². The van der Waals surface area contributed by atoms with Crippen molar-refractivity contribution in [3.8, 4) is 0 Å². The topological polar surface area (TPSA) is 21.7 Å². The van der Waals surface area contributed by atoms with E-state index in [1.807, 2.05) is 0 Å². The van der Waals surface area contributed by atoms with Crippen LogP contribution in [-0.4, -0.2) is 49.2 Å². The molecule has 0 radical (unpaired) electrons. The van der Waals surface area contributed by atoms with Gasteiger partial charge in [0.15, 0.2) is 0 Å². The van der Waals surface area contributed by atoms with E-state index in [0.717, 1.165) is 22.7 Å². The second kappa shape index (κ2) is 9.57. The van der Waals surface area contributed by atoms with Gasteiger partial charge in [-0.25, -0.2) is 0 Å². The Morgan fingerprint density at radius 2 is 1.23 bits per heavy atom. The SMILES string of the molecule is CO[Si](C)(CCCCN(C)[Si](C(C)C)(C(C)C)C(C)C)OC. The standard InChI is InChI=1S/C17H41NO2Si2/c1-15(2)22(16(3)4,17(5)6)18(7)13-11-12-14-21(10,19-8)20-9/h15-17H,11-14H2,1-10H3. The van der Waals surface area contributed by atoms with Crippen molar-refractivity contribution in [1.82, 2.24) is 4.57 Å². The fraction of sp³-hybridized carbons (Fsp3) is 1.00. The lowest BCUT2D eigenvalue weighted by Crippen LogP contribution is -2.58. The minimum Gasteiger partial charge on any atom is -0.398 e. The molecule has 0 spiro atoms. The Morgan fingerprint density at radius 3 is 1.55 bits per heavy atom. The Morgan fingerprint density at radius 1 is 0.818 bits per heavy atom. The van der Waals surface area contributed by atoms with Crippen LogP contribution < -0.4 is 0 Å². The monoisotopic (exact) mass is 347 g/mol. The predicted octanol–water partition coefficient (Wildman–Crippen LogP) is 5.24. The lowest BCUT2D eigenvalue weighted by molar-refractivity contribution is 0.247. The molecule has 0 atom stereocenters. The molecular weight excluding hydrogens is 306 g/mol. The molecule has 0 rings (SSSR count). The first-order chi connectivity index (χ1) is 10.1. The average molecular weight is 348 g/mol. The lowest BCUT2D eigenvalue weighted by atomic mass is 10.3. The van der Waals surface area contributed by atoms with Crippen molar-refractivity contribution in [2.45, 2.75) is 83.6 Å². The summed E-state index contributed by atoms with van der Waals surface area (Å²) in [6.07, 6.45) is 2.44. The molecule has 0 saturated heterocycles. The first-order valence-corrected chi connectivity index (χ1v) is 13.6. The maximum atomic E-state index is 5.59. The van der Waals surface area contributed by atoms with Gasteiger partial charge in [0, 0.05) is 14.2 Å². The Bertz CT molecular complexity index is 283. The summed E-state index contributed by atoms with van der Waals surface area (Å²) >= 11 is 0. The van der Waals surface area contributed by atoms with Crippen molar-refractivity contribution < 1.29 is 8.85 Å². The molecule has 0 saturated carbocycles. The highest BCUT2D eigenvalue weighted by Gasteiger charge is 2.46. The smallest absolute Gasteiger partial charge is 0.334 e. The van der Waals surface area contributed by atoms with Gasteiger partial charge < -0.3 is 13.4 Å². The molecular formula is C17H41NO2Si2. The van der Waals surface area contributed by atoms with E-state index >= 15 is 0 Å². The average Bonchev–Trinajstić information content (AvgIpc) is 2.42. The molecule has 3 nitrogen and oxygen atoms in total. The van der Waals surface area contributed by atoms with Crippen LogP contribution in [0.4, 0.5) is 0 Å². The minimum absolute atomic E-state index is 0.787. The maximum absolute atomic E-state index is 5.59. The molecule has 0 aromatic rings. The van der Waals surface area contributed by atoms with E-state index in [1.165, 1.54) is 19.4 Å². The van der Waals surface area contributed by atoms with Crippen LogP contribution in [0.25, 0.3) is 0 Å². The van der Waals surface area contributed by atoms with Crippen LogP contribution in [0.15, 0.2) is 0 Å². The van der Waals surface area contributed by atoms with E-state index < -0.39 is 16.8 Å². The molecule has 0 aliphatic heterocycles. The molecule has 0 bridgehead atoms. The third kappa shape index (κ3) is 5.16. The fourth-order valence-electron chi connectivity index (χ4n) is 4.60. The van der Waals surface area contributed by atoms with Crippen molar-refractivity contribution in [2.24, 2.45) is 0 Å². The zero-order valence-corrected chi connectivity index (χ0v) is 18.8. The third-order valence-electron chi connectivity index (χ3n) is 5.67.